The summed E-state index contributed by atoms with van der Waals surface area (Å²) < 4.78 is 0. The van der Waals surface area contributed by atoms with E-state index >= 15 is 0 Å². The van der Waals surface area contributed by atoms with E-state index in [1.165, 1.54) is 0 Å². The van der Waals surface area contributed by atoms with Crippen LogP contribution in [0.3, 0.4) is 0 Å². The fraction of sp³-hybridized carbons (Fsp3) is 0.133. The van der Waals surface area contributed by atoms with Crippen molar-refractivity contribution >= 4 is 6.03 Å². The molecule has 2 amide bonds. The van der Waals surface area contributed by atoms with Crippen molar-refractivity contribution in [2.45, 2.75) is 13.0 Å². The van der Waals surface area contributed by atoms with Crippen molar-refractivity contribution in [3.05, 3.63) is 71.3 Å². The summed E-state index contributed by atoms with van der Waals surface area (Å²) in [5, 5.41) is 2.79. The van der Waals surface area contributed by atoms with Crippen LogP contribution < -0.4 is 11.1 Å². The minimum Gasteiger partial charge on any atom is -0.352 e. The zero-order valence-corrected chi connectivity index (χ0v) is 10.3. The molecule has 0 saturated carbocycles. The highest BCUT2D eigenvalue weighted by atomic mass is 16.2. The number of amides is 2. The third-order valence-corrected chi connectivity index (χ3v) is 2.92. The molecule has 0 radical (unpaired) electrons. The Kier molecular flexibility index (Phi) is 3.63. The molecular formula is C15H16N2O. The molecule has 0 aromatic heterocycles. The number of hydrogen-bond donors (Lipinski definition) is 2. The van der Waals surface area contributed by atoms with Gasteiger partial charge < -0.3 is 11.1 Å². The Bertz CT molecular complexity index is 537. The van der Waals surface area contributed by atoms with Gasteiger partial charge in [0.25, 0.3) is 0 Å². The summed E-state index contributed by atoms with van der Waals surface area (Å²) in [7, 11) is 0. The summed E-state index contributed by atoms with van der Waals surface area (Å²) >= 11 is 0. The van der Waals surface area contributed by atoms with E-state index in [0.29, 0.717) is 0 Å². The van der Waals surface area contributed by atoms with E-state index in [1.807, 2.05) is 61.5 Å². The van der Waals surface area contributed by atoms with Gasteiger partial charge in [-0.15, -0.1) is 0 Å². The average Bonchev–Trinajstić information content (AvgIpc) is 2.38. The Labute approximate surface area is 107 Å². The Morgan fingerprint density at radius 1 is 1.06 bits per heavy atom. The second-order valence-corrected chi connectivity index (χ2v) is 4.21. The number of urea groups is 1. The molecule has 0 unspecified atom stereocenters. The Morgan fingerprint density at radius 3 is 2.28 bits per heavy atom. The van der Waals surface area contributed by atoms with Gasteiger partial charge in [0.2, 0.25) is 0 Å². The summed E-state index contributed by atoms with van der Waals surface area (Å²) in [6.45, 7) is 2.02. The van der Waals surface area contributed by atoms with Gasteiger partial charge in [-0.05, 0) is 23.6 Å². The minimum atomic E-state index is -0.521. The number of benzene rings is 2. The highest BCUT2D eigenvalue weighted by Gasteiger charge is 2.16. The van der Waals surface area contributed by atoms with Gasteiger partial charge in [0.1, 0.15) is 0 Å². The molecule has 0 aliphatic carbocycles. The van der Waals surface area contributed by atoms with Crippen molar-refractivity contribution in [3.63, 3.8) is 0 Å². The van der Waals surface area contributed by atoms with Crippen LogP contribution in [0.5, 0.6) is 0 Å². The quantitative estimate of drug-likeness (QED) is 0.851. The first-order valence-electron chi connectivity index (χ1n) is 5.85. The second kappa shape index (κ2) is 5.36. The second-order valence-electron chi connectivity index (χ2n) is 4.21. The van der Waals surface area contributed by atoms with Crippen molar-refractivity contribution < 1.29 is 4.79 Å². The van der Waals surface area contributed by atoms with Gasteiger partial charge >= 0.3 is 6.03 Å². The van der Waals surface area contributed by atoms with Crippen LogP contribution in [-0.4, -0.2) is 6.03 Å². The van der Waals surface area contributed by atoms with Gasteiger partial charge in [-0.1, -0.05) is 54.6 Å². The summed E-state index contributed by atoms with van der Waals surface area (Å²) in [5.74, 6) is 0. The molecule has 18 heavy (non-hydrogen) atoms. The monoisotopic (exact) mass is 240 g/mol. The summed E-state index contributed by atoms with van der Waals surface area (Å²) in [6, 6.07) is 17.0. The standard InChI is InChI=1S/C15H16N2O/c1-11-7-5-6-10-13(11)14(17-15(16)18)12-8-3-2-4-9-12/h2-10,14H,1H3,(H3,16,17,18)/t14-/m1/s1. The maximum Gasteiger partial charge on any atom is 0.312 e. The fourth-order valence-electron chi connectivity index (χ4n) is 2.04. The third-order valence-electron chi connectivity index (χ3n) is 2.92. The molecule has 0 fully saturated rings. The van der Waals surface area contributed by atoms with Crippen LogP contribution in [0.25, 0.3) is 0 Å². The van der Waals surface area contributed by atoms with Crippen LogP contribution in [0.2, 0.25) is 0 Å². The first-order chi connectivity index (χ1) is 8.68. The van der Waals surface area contributed by atoms with E-state index in [-0.39, 0.29) is 6.04 Å². The Hall–Kier alpha value is -2.29. The molecule has 2 rings (SSSR count). The highest BCUT2D eigenvalue weighted by molar-refractivity contribution is 5.73. The van der Waals surface area contributed by atoms with Gasteiger partial charge in [-0.25, -0.2) is 4.79 Å². The van der Waals surface area contributed by atoms with Crippen LogP contribution in [-0.2, 0) is 0 Å². The van der Waals surface area contributed by atoms with E-state index < -0.39 is 6.03 Å². The normalized spacial score (nSPS) is 11.8. The van der Waals surface area contributed by atoms with Crippen molar-refractivity contribution in [2.24, 2.45) is 5.73 Å². The largest absolute Gasteiger partial charge is 0.352 e. The molecule has 0 aliphatic heterocycles. The van der Waals surface area contributed by atoms with Gasteiger partial charge in [-0.3, -0.25) is 0 Å². The predicted octanol–water partition coefficient (Wildman–Crippen LogP) is 2.75. The van der Waals surface area contributed by atoms with E-state index in [9.17, 15) is 4.79 Å². The van der Waals surface area contributed by atoms with Crippen molar-refractivity contribution in [2.75, 3.05) is 0 Å². The molecule has 3 heteroatoms. The summed E-state index contributed by atoms with van der Waals surface area (Å²) in [5.41, 5.74) is 8.47. The molecule has 0 bridgehead atoms. The number of hydrogen-bond acceptors (Lipinski definition) is 1. The zero-order chi connectivity index (χ0) is 13.0. The molecule has 3 N–H and O–H groups in total. The predicted molar refractivity (Wildman–Crippen MR) is 72.2 cm³/mol. The third kappa shape index (κ3) is 2.69. The summed E-state index contributed by atoms with van der Waals surface area (Å²) in [6.07, 6.45) is 0. The topological polar surface area (TPSA) is 55.1 Å². The van der Waals surface area contributed by atoms with Crippen LogP contribution >= 0.6 is 0 Å². The lowest BCUT2D eigenvalue weighted by Gasteiger charge is -2.20. The van der Waals surface area contributed by atoms with Crippen molar-refractivity contribution in [3.8, 4) is 0 Å². The highest BCUT2D eigenvalue weighted by Crippen LogP contribution is 2.24. The Morgan fingerprint density at radius 2 is 1.67 bits per heavy atom. The first-order valence-corrected chi connectivity index (χ1v) is 5.85. The maximum atomic E-state index is 11.2. The summed E-state index contributed by atoms with van der Waals surface area (Å²) in [4.78, 5) is 11.2. The number of carbonyl (C=O) groups excluding carboxylic acids is 1. The lowest BCUT2D eigenvalue weighted by atomic mass is 9.95. The molecule has 2 aromatic carbocycles. The van der Waals surface area contributed by atoms with Crippen LogP contribution in [0.15, 0.2) is 54.6 Å². The average molecular weight is 240 g/mol. The number of nitrogens with one attached hydrogen (secondary N) is 1. The van der Waals surface area contributed by atoms with Crippen LogP contribution in [0.4, 0.5) is 4.79 Å². The zero-order valence-electron chi connectivity index (χ0n) is 10.3. The number of rotatable bonds is 3. The molecule has 1 atom stereocenters. The number of nitrogens with two attached hydrogens (primary N) is 1. The van der Waals surface area contributed by atoms with E-state index in [2.05, 4.69) is 5.32 Å². The van der Waals surface area contributed by atoms with Gasteiger partial charge in [0.15, 0.2) is 0 Å². The van der Waals surface area contributed by atoms with Gasteiger partial charge in [0, 0.05) is 0 Å². The van der Waals surface area contributed by atoms with Crippen molar-refractivity contribution in [1.29, 1.82) is 0 Å². The molecule has 2 aromatic rings. The molecule has 92 valence electrons. The van der Waals surface area contributed by atoms with E-state index in [1.54, 1.807) is 0 Å². The molecule has 0 saturated heterocycles. The van der Waals surface area contributed by atoms with Crippen LogP contribution in [0, 0.1) is 6.92 Å². The number of carbonyl (C=O) groups is 1. The molecule has 3 nitrogen and oxygen atoms in total. The molecule has 0 spiro atoms. The molecular weight excluding hydrogens is 224 g/mol. The Balaban J connectivity index is 2.44. The van der Waals surface area contributed by atoms with Crippen LogP contribution in [0.1, 0.15) is 22.7 Å². The molecule has 0 heterocycles. The smallest absolute Gasteiger partial charge is 0.312 e. The van der Waals surface area contributed by atoms with E-state index in [0.717, 1.165) is 16.7 Å². The number of aryl methyl sites for hydroxylation is 1. The van der Waals surface area contributed by atoms with Gasteiger partial charge in [0.05, 0.1) is 6.04 Å². The fourth-order valence-corrected chi connectivity index (χ4v) is 2.04. The van der Waals surface area contributed by atoms with Crippen molar-refractivity contribution in [1.82, 2.24) is 5.32 Å². The molecule has 0 aliphatic rings. The SMILES string of the molecule is Cc1ccccc1[C@H](NC(N)=O)c1ccccc1. The first kappa shape index (κ1) is 12.2. The number of primary amides is 1. The lowest BCUT2D eigenvalue weighted by molar-refractivity contribution is 0.247. The minimum absolute atomic E-state index is 0.204. The van der Waals surface area contributed by atoms with E-state index in [4.69, 9.17) is 5.73 Å². The maximum absolute atomic E-state index is 11.2. The lowest BCUT2D eigenvalue weighted by Crippen LogP contribution is -2.34. The van der Waals surface area contributed by atoms with Gasteiger partial charge in [-0.2, -0.15) is 0 Å².